The van der Waals surface area contributed by atoms with Crippen LogP contribution < -0.4 is 0 Å². The maximum Gasteiger partial charge on any atom is 0.0844 e. The minimum absolute atomic E-state index is 0.601. The van der Waals surface area contributed by atoms with Crippen molar-refractivity contribution in [2.24, 2.45) is 12.2 Å². The van der Waals surface area contributed by atoms with E-state index in [0.717, 1.165) is 16.5 Å². The molecule has 0 saturated carbocycles. The second-order valence-electron chi connectivity index (χ2n) is 3.19. The molecule has 2 rings (SSSR count). The highest BCUT2D eigenvalue weighted by molar-refractivity contribution is 6.08. The lowest BCUT2D eigenvalue weighted by atomic mass is 10.1. The van der Waals surface area contributed by atoms with E-state index < -0.39 is 0 Å². The summed E-state index contributed by atoms with van der Waals surface area (Å²) in [5.74, 6) is 0. The van der Waals surface area contributed by atoms with E-state index in [-0.39, 0.29) is 0 Å². The summed E-state index contributed by atoms with van der Waals surface area (Å²) in [6.45, 7) is 1.77. The molecule has 0 unspecified atom stereocenters. The van der Waals surface area contributed by atoms with Crippen molar-refractivity contribution in [3.63, 3.8) is 0 Å². The molecule has 1 aromatic heterocycles. The van der Waals surface area contributed by atoms with Crippen LogP contribution in [0.5, 0.6) is 0 Å². The van der Waals surface area contributed by atoms with E-state index in [0.29, 0.717) is 5.71 Å². The largest absolute Gasteiger partial charge is 0.411 e. The van der Waals surface area contributed by atoms with E-state index in [1.807, 2.05) is 25.2 Å². The Morgan fingerprint density at radius 3 is 3.00 bits per heavy atom. The molecule has 0 bridgehead atoms. The fourth-order valence-electron chi connectivity index (χ4n) is 1.55. The molecule has 1 heterocycles. The molecular weight excluding hydrogens is 178 g/mol. The van der Waals surface area contributed by atoms with Crippen molar-refractivity contribution in [3.05, 3.63) is 30.0 Å². The first-order valence-corrected chi connectivity index (χ1v) is 4.34. The molecule has 1 aromatic carbocycles. The van der Waals surface area contributed by atoms with Gasteiger partial charge in [-0.15, -0.1) is 0 Å². The molecule has 0 spiro atoms. The number of fused-ring (bicyclic) bond motifs is 1. The lowest BCUT2D eigenvalue weighted by Crippen LogP contribution is -1.95. The van der Waals surface area contributed by atoms with E-state index in [4.69, 9.17) is 5.21 Å². The second kappa shape index (κ2) is 3.14. The van der Waals surface area contributed by atoms with Crippen molar-refractivity contribution < 1.29 is 5.21 Å². The van der Waals surface area contributed by atoms with E-state index >= 15 is 0 Å². The van der Waals surface area contributed by atoms with Crippen molar-refractivity contribution in [2.75, 3.05) is 0 Å². The Kier molecular flexibility index (Phi) is 1.96. The van der Waals surface area contributed by atoms with Gasteiger partial charge in [-0.2, -0.15) is 5.10 Å². The highest BCUT2D eigenvalue weighted by atomic mass is 16.4. The van der Waals surface area contributed by atoms with Gasteiger partial charge in [0.25, 0.3) is 0 Å². The SMILES string of the molecule is CC(=NO)c1cccc2c1cnn2C. The summed E-state index contributed by atoms with van der Waals surface area (Å²) in [6, 6.07) is 5.82. The standard InChI is InChI=1S/C10H11N3O/c1-7(12-14)8-4-3-5-10-9(8)6-11-13(10)2/h3-6,14H,1-2H3. The van der Waals surface area contributed by atoms with Gasteiger partial charge in [0.1, 0.15) is 0 Å². The molecule has 0 fully saturated rings. The maximum atomic E-state index is 8.72. The highest BCUT2D eigenvalue weighted by Crippen LogP contribution is 2.18. The van der Waals surface area contributed by atoms with Gasteiger partial charge in [-0.3, -0.25) is 4.68 Å². The van der Waals surface area contributed by atoms with Crippen LogP contribution in [0.2, 0.25) is 0 Å². The summed E-state index contributed by atoms with van der Waals surface area (Å²) in [5.41, 5.74) is 2.55. The third-order valence-corrected chi connectivity index (χ3v) is 2.33. The first-order chi connectivity index (χ1) is 6.74. The molecule has 0 aliphatic carbocycles. The van der Waals surface area contributed by atoms with Gasteiger partial charge < -0.3 is 5.21 Å². The van der Waals surface area contributed by atoms with Crippen LogP contribution in [0.1, 0.15) is 12.5 Å². The minimum atomic E-state index is 0.601. The molecule has 4 heteroatoms. The lowest BCUT2D eigenvalue weighted by Gasteiger charge is -2.00. The Hall–Kier alpha value is -1.84. The number of oxime groups is 1. The Morgan fingerprint density at radius 2 is 2.29 bits per heavy atom. The van der Waals surface area contributed by atoms with Crippen LogP contribution in [0.25, 0.3) is 10.9 Å². The maximum absolute atomic E-state index is 8.72. The van der Waals surface area contributed by atoms with Gasteiger partial charge >= 0.3 is 0 Å². The van der Waals surface area contributed by atoms with Gasteiger partial charge in [-0.1, -0.05) is 17.3 Å². The third kappa shape index (κ3) is 1.16. The number of rotatable bonds is 1. The van der Waals surface area contributed by atoms with Crippen molar-refractivity contribution >= 4 is 16.6 Å². The van der Waals surface area contributed by atoms with Crippen LogP contribution in [-0.2, 0) is 7.05 Å². The monoisotopic (exact) mass is 189 g/mol. The molecule has 72 valence electrons. The van der Waals surface area contributed by atoms with Gasteiger partial charge in [0.05, 0.1) is 17.4 Å². The first kappa shape index (κ1) is 8.74. The normalized spacial score (nSPS) is 12.3. The van der Waals surface area contributed by atoms with Crippen LogP contribution in [0, 0.1) is 0 Å². The summed E-state index contributed by atoms with van der Waals surface area (Å²) in [6.07, 6.45) is 1.78. The van der Waals surface area contributed by atoms with Gasteiger partial charge in [0.2, 0.25) is 0 Å². The zero-order valence-corrected chi connectivity index (χ0v) is 8.10. The highest BCUT2D eigenvalue weighted by Gasteiger charge is 2.06. The molecule has 1 N–H and O–H groups in total. The van der Waals surface area contributed by atoms with E-state index in [1.54, 1.807) is 17.8 Å². The Morgan fingerprint density at radius 1 is 1.50 bits per heavy atom. The predicted molar refractivity (Wildman–Crippen MR) is 54.7 cm³/mol. The molecule has 0 aliphatic heterocycles. The molecule has 0 amide bonds. The number of nitrogens with zero attached hydrogens (tertiary/aromatic N) is 3. The van der Waals surface area contributed by atoms with Gasteiger partial charge in [-0.05, 0) is 13.0 Å². The molecule has 0 radical (unpaired) electrons. The first-order valence-electron chi connectivity index (χ1n) is 4.34. The van der Waals surface area contributed by atoms with Gasteiger partial charge in [0.15, 0.2) is 0 Å². The van der Waals surface area contributed by atoms with Crippen molar-refractivity contribution in [1.82, 2.24) is 9.78 Å². The molecular formula is C10H11N3O. The Bertz CT molecular complexity index is 499. The molecule has 0 aliphatic rings. The fraction of sp³-hybridized carbons (Fsp3) is 0.200. The van der Waals surface area contributed by atoms with E-state index in [1.165, 1.54) is 0 Å². The smallest absolute Gasteiger partial charge is 0.0844 e. The second-order valence-corrected chi connectivity index (χ2v) is 3.19. The van der Waals surface area contributed by atoms with Crippen molar-refractivity contribution in [2.45, 2.75) is 6.92 Å². The summed E-state index contributed by atoms with van der Waals surface area (Å²) in [7, 11) is 1.89. The average molecular weight is 189 g/mol. The van der Waals surface area contributed by atoms with Gasteiger partial charge in [0, 0.05) is 18.0 Å². The molecule has 2 aromatic rings. The molecule has 0 saturated heterocycles. The Labute approximate surface area is 81.5 Å². The fourth-order valence-corrected chi connectivity index (χ4v) is 1.55. The molecule has 4 nitrogen and oxygen atoms in total. The quantitative estimate of drug-likeness (QED) is 0.422. The number of hydrogen-bond acceptors (Lipinski definition) is 3. The van der Waals surface area contributed by atoms with Crippen LogP contribution in [0.15, 0.2) is 29.6 Å². The molecule has 0 atom stereocenters. The van der Waals surface area contributed by atoms with Gasteiger partial charge in [-0.25, -0.2) is 0 Å². The van der Waals surface area contributed by atoms with Crippen LogP contribution >= 0.6 is 0 Å². The Balaban J connectivity index is 2.78. The summed E-state index contributed by atoms with van der Waals surface area (Å²) in [5, 5.41) is 17.1. The minimum Gasteiger partial charge on any atom is -0.411 e. The predicted octanol–water partition coefficient (Wildman–Crippen LogP) is 1.77. The zero-order chi connectivity index (χ0) is 10.1. The van der Waals surface area contributed by atoms with E-state index in [2.05, 4.69) is 10.3 Å². The number of hydrogen-bond donors (Lipinski definition) is 1. The summed E-state index contributed by atoms with van der Waals surface area (Å²) >= 11 is 0. The number of aromatic nitrogens is 2. The lowest BCUT2D eigenvalue weighted by molar-refractivity contribution is 0.319. The number of benzene rings is 1. The van der Waals surface area contributed by atoms with Crippen LogP contribution in [-0.4, -0.2) is 20.7 Å². The number of aryl methyl sites for hydroxylation is 1. The summed E-state index contributed by atoms with van der Waals surface area (Å²) in [4.78, 5) is 0. The molecule has 14 heavy (non-hydrogen) atoms. The van der Waals surface area contributed by atoms with Crippen LogP contribution in [0.3, 0.4) is 0 Å². The van der Waals surface area contributed by atoms with E-state index in [9.17, 15) is 0 Å². The zero-order valence-electron chi connectivity index (χ0n) is 8.10. The third-order valence-electron chi connectivity index (χ3n) is 2.33. The topological polar surface area (TPSA) is 50.4 Å². The van der Waals surface area contributed by atoms with Crippen molar-refractivity contribution in [1.29, 1.82) is 0 Å². The average Bonchev–Trinajstić information content (AvgIpc) is 2.59. The summed E-state index contributed by atoms with van der Waals surface area (Å²) < 4.78 is 1.80. The van der Waals surface area contributed by atoms with Crippen LogP contribution in [0.4, 0.5) is 0 Å². The van der Waals surface area contributed by atoms with Crippen molar-refractivity contribution in [3.8, 4) is 0 Å².